The molecule has 0 spiro atoms. The van der Waals surface area contributed by atoms with Gasteiger partial charge in [-0.15, -0.1) is 0 Å². The molecule has 0 unspecified atom stereocenters. The van der Waals surface area contributed by atoms with Crippen LogP contribution < -0.4 is 0 Å². The fourth-order valence-corrected chi connectivity index (χ4v) is 0. The molecule has 0 aliphatic carbocycles. The number of aliphatic hydroxyl groups excluding tert-OH is 1. The van der Waals surface area contributed by atoms with E-state index in [0.717, 1.165) is 0 Å². The number of carboxylic acid groups (broad SMARTS) is 1. The summed E-state index contributed by atoms with van der Waals surface area (Å²) < 4.78 is 0. The normalized spacial score (nSPS) is 5.29. The molecular weight excluding hydrogens is 85.9 g/mol. The molecule has 0 aliphatic heterocycles. The first-order chi connectivity index (χ1) is 2.27. The molecule has 2 N–H and O–H groups in total. The van der Waals surface area contributed by atoms with E-state index in [-0.39, 0.29) is 37.7 Å². The minimum atomic E-state index is -1.19. The van der Waals surface area contributed by atoms with Crippen LogP contribution in [0.15, 0.2) is 0 Å². The Morgan fingerprint density at radius 1 is 1.43 bits per heavy atom. The Hall–Kier alpha value is 0.625. The molecule has 0 atom stereocenters. The Balaban J connectivity index is -0.0000000800. The summed E-state index contributed by atoms with van der Waals surface area (Å²) in [6.45, 7) is -0.778. The van der Waals surface area contributed by atoms with Gasteiger partial charge in [-0.3, -0.25) is 0 Å². The maximum absolute atomic E-state index is 9.12. The van der Waals surface area contributed by atoms with E-state index in [1.165, 1.54) is 0 Å². The SMILES string of the molecule is O=C(O)CO.[LiH].[LiH]. The molecule has 0 bridgehead atoms. The van der Waals surface area contributed by atoms with Crippen LogP contribution in [-0.4, -0.2) is 60.5 Å². The van der Waals surface area contributed by atoms with Crippen LogP contribution in [0, 0.1) is 0 Å². The quantitative estimate of drug-likeness (QED) is 0.360. The number of carbonyl (C=O) groups is 1. The summed E-state index contributed by atoms with van der Waals surface area (Å²) in [6.07, 6.45) is 0. The predicted molar refractivity (Wildman–Crippen MR) is 29.0 cm³/mol. The van der Waals surface area contributed by atoms with Gasteiger partial charge in [0.25, 0.3) is 0 Å². The topological polar surface area (TPSA) is 57.5 Å². The molecule has 0 aromatic rings. The van der Waals surface area contributed by atoms with Gasteiger partial charge in [-0.05, 0) is 0 Å². The average Bonchev–Trinajstić information content (AvgIpc) is 1.38. The third-order valence-electron chi connectivity index (χ3n) is 0.135. The van der Waals surface area contributed by atoms with Gasteiger partial charge in [-0.1, -0.05) is 0 Å². The second-order valence-corrected chi connectivity index (χ2v) is 0.552. The Bertz CT molecular complexity index is 46.2. The maximum atomic E-state index is 9.12. The van der Waals surface area contributed by atoms with E-state index in [9.17, 15) is 0 Å². The van der Waals surface area contributed by atoms with Crippen LogP contribution in [0.2, 0.25) is 0 Å². The summed E-state index contributed by atoms with van der Waals surface area (Å²) in [4.78, 5) is 9.12. The van der Waals surface area contributed by atoms with Crippen molar-refractivity contribution in [3.63, 3.8) is 0 Å². The number of hydrogen-bond acceptors (Lipinski definition) is 2. The summed E-state index contributed by atoms with van der Waals surface area (Å²) in [5, 5.41) is 15.0. The Morgan fingerprint density at radius 2 is 1.57 bits per heavy atom. The van der Waals surface area contributed by atoms with Gasteiger partial charge in [0, 0.05) is 0 Å². The Morgan fingerprint density at radius 3 is 1.57 bits per heavy atom. The minimum absolute atomic E-state index is 0. The monoisotopic (exact) mass is 92.1 g/mol. The van der Waals surface area contributed by atoms with Crippen molar-refractivity contribution in [1.29, 1.82) is 0 Å². The second kappa shape index (κ2) is 9.80. The Labute approximate surface area is 65.4 Å². The van der Waals surface area contributed by atoms with Crippen molar-refractivity contribution >= 4 is 43.7 Å². The number of carboxylic acids is 1. The zero-order valence-electron chi connectivity index (χ0n) is 2.51. The molecule has 0 amide bonds. The van der Waals surface area contributed by atoms with Gasteiger partial charge in [0.05, 0.1) is 0 Å². The first-order valence-corrected chi connectivity index (χ1v) is 1.10. The van der Waals surface area contributed by atoms with E-state index < -0.39 is 12.6 Å². The van der Waals surface area contributed by atoms with Crippen molar-refractivity contribution in [2.75, 3.05) is 6.61 Å². The number of aliphatic carboxylic acids is 1. The molecule has 0 saturated heterocycles. The number of rotatable bonds is 1. The summed E-state index contributed by atoms with van der Waals surface area (Å²) in [5.74, 6) is -1.19. The molecule has 34 valence electrons. The zero-order valence-corrected chi connectivity index (χ0v) is 2.51. The van der Waals surface area contributed by atoms with Crippen LogP contribution in [0.1, 0.15) is 0 Å². The van der Waals surface area contributed by atoms with Gasteiger partial charge >= 0.3 is 43.7 Å². The first kappa shape index (κ1) is 15.6. The van der Waals surface area contributed by atoms with Crippen LogP contribution >= 0.6 is 0 Å². The van der Waals surface area contributed by atoms with E-state index in [0.29, 0.717) is 0 Å². The molecule has 0 fully saturated rings. The van der Waals surface area contributed by atoms with Gasteiger partial charge in [-0.2, -0.15) is 0 Å². The molecule has 0 aliphatic rings. The molecule has 0 aromatic carbocycles. The summed E-state index contributed by atoms with van der Waals surface area (Å²) >= 11 is 0. The molecule has 0 saturated carbocycles. The van der Waals surface area contributed by atoms with Gasteiger partial charge in [-0.25, -0.2) is 4.79 Å². The standard InChI is InChI=1S/C2H4O3.2Li.2H/c3-1-2(4)5;;;;/h3H,1H2,(H,4,5);;;;. The van der Waals surface area contributed by atoms with Crippen molar-refractivity contribution < 1.29 is 15.0 Å². The van der Waals surface area contributed by atoms with Gasteiger partial charge in [0.15, 0.2) is 0 Å². The molecule has 0 heterocycles. The van der Waals surface area contributed by atoms with E-state index in [1.54, 1.807) is 0 Å². The van der Waals surface area contributed by atoms with E-state index in [4.69, 9.17) is 15.0 Å². The fraction of sp³-hybridized carbons (Fsp3) is 0.500. The van der Waals surface area contributed by atoms with Crippen molar-refractivity contribution in [1.82, 2.24) is 0 Å². The molecule has 3 nitrogen and oxygen atoms in total. The van der Waals surface area contributed by atoms with Crippen LogP contribution in [0.25, 0.3) is 0 Å². The van der Waals surface area contributed by atoms with E-state index in [2.05, 4.69) is 0 Å². The van der Waals surface area contributed by atoms with Crippen LogP contribution in [-0.2, 0) is 4.79 Å². The van der Waals surface area contributed by atoms with Crippen LogP contribution in [0.5, 0.6) is 0 Å². The molecular formula is C2H6Li2O3. The molecule has 5 heteroatoms. The summed E-state index contributed by atoms with van der Waals surface area (Å²) in [7, 11) is 0. The predicted octanol–water partition coefficient (Wildman–Crippen LogP) is -2.23. The van der Waals surface area contributed by atoms with Gasteiger partial charge in [0.2, 0.25) is 0 Å². The van der Waals surface area contributed by atoms with Crippen LogP contribution in [0.4, 0.5) is 0 Å². The molecule has 0 rings (SSSR count). The van der Waals surface area contributed by atoms with E-state index >= 15 is 0 Å². The van der Waals surface area contributed by atoms with Gasteiger partial charge < -0.3 is 10.2 Å². The Kier molecular flexibility index (Phi) is 21.9. The van der Waals surface area contributed by atoms with E-state index in [1.807, 2.05) is 0 Å². The molecule has 0 radical (unpaired) electrons. The summed E-state index contributed by atoms with van der Waals surface area (Å²) in [6, 6.07) is 0. The van der Waals surface area contributed by atoms with Crippen LogP contribution in [0.3, 0.4) is 0 Å². The average molecular weight is 91.9 g/mol. The first-order valence-electron chi connectivity index (χ1n) is 1.10. The third kappa shape index (κ3) is 20.6. The van der Waals surface area contributed by atoms with Crippen molar-refractivity contribution in [3.8, 4) is 0 Å². The molecule has 0 aromatic heterocycles. The third-order valence-corrected chi connectivity index (χ3v) is 0.135. The zero-order chi connectivity index (χ0) is 4.28. The number of aliphatic hydroxyl groups is 1. The van der Waals surface area contributed by atoms with Gasteiger partial charge in [0.1, 0.15) is 6.61 Å². The van der Waals surface area contributed by atoms with Crippen molar-refractivity contribution in [3.05, 3.63) is 0 Å². The fourth-order valence-electron chi connectivity index (χ4n) is 0. The number of hydrogen-bond donors (Lipinski definition) is 2. The van der Waals surface area contributed by atoms with Crippen molar-refractivity contribution in [2.24, 2.45) is 0 Å². The van der Waals surface area contributed by atoms with Crippen molar-refractivity contribution in [2.45, 2.75) is 0 Å². The summed E-state index contributed by atoms with van der Waals surface area (Å²) in [5.41, 5.74) is 0. The second-order valence-electron chi connectivity index (χ2n) is 0.552. The molecule has 7 heavy (non-hydrogen) atoms.